The molecule has 0 saturated carbocycles. The van der Waals surface area contributed by atoms with Crippen molar-refractivity contribution in [2.75, 3.05) is 6.61 Å². The second kappa shape index (κ2) is 6.62. The molecular weight excluding hydrogens is 222 g/mol. The van der Waals surface area contributed by atoms with Crippen LogP contribution < -0.4 is 0 Å². The third-order valence-corrected chi connectivity index (χ3v) is 2.32. The van der Waals surface area contributed by atoms with E-state index in [9.17, 15) is 14.9 Å². The minimum Gasteiger partial charge on any atom is -0.466 e. The minimum atomic E-state index is -0.920. The molecule has 0 spiro atoms. The van der Waals surface area contributed by atoms with Crippen molar-refractivity contribution < 1.29 is 14.5 Å². The van der Waals surface area contributed by atoms with Gasteiger partial charge in [0, 0.05) is 11.3 Å². The first-order valence-electron chi connectivity index (χ1n) is 5.46. The molecule has 1 unspecified atom stereocenters. The fraction of sp³-hybridized carbons (Fsp3) is 0.417. The van der Waals surface area contributed by atoms with Gasteiger partial charge < -0.3 is 4.74 Å². The van der Waals surface area contributed by atoms with Crippen LogP contribution in [0.4, 0.5) is 0 Å². The Bertz CT molecular complexity index is 377. The van der Waals surface area contributed by atoms with E-state index in [0.29, 0.717) is 0 Å². The summed E-state index contributed by atoms with van der Waals surface area (Å²) in [7, 11) is 0. The predicted octanol–water partition coefficient (Wildman–Crippen LogP) is 1.83. The highest BCUT2D eigenvalue weighted by molar-refractivity contribution is 5.69. The first-order chi connectivity index (χ1) is 8.13. The van der Waals surface area contributed by atoms with E-state index in [-0.39, 0.29) is 19.4 Å². The summed E-state index contributed by atoms with van der Waals surface area (Å²) in [5.41, 5.74) is 0.846. The van der Waals surface area contributed by atoms with Gasteiger partial charge in [0.05, 0.1) is 6.61 Å². The number of carbonyl (C=O) groups is 1. The van der Waals surface area contributed by atoms with Crippen LogP contribution >= 0.6 is 0 Å². The van der Waals surface area contributed by atoms with Crippen LogP contribution in [0.1, 0.15) is 18.9 Å². The maximum Gasteiger partial charge on any atom is 0.312 e. The molecule has 1 aromatic carbocycles. The highest BCUT2D eigenvalue weighted by Crippen LogP contribution is 2.09. The number of carbonyl (C=O) groups excluding carboxylic acids is 1. The van der Waals surface area contributed by atoms with Crippen molar-refractivity contribution in [2.24, 2.45) is 0 Å². The Kier molecular flexibility index (Phi) is 5.13. The first-order valence-corrected chi connectivity index (χ1v) is 5.46. The summed E-state index contributed by atoms with van der Waals surface area (Å²) < 4.78 is 4.72. The molecule has 0 heterocycles. The molecule has 0 amide bonds. The number of nitro groups is 1. The summed E-state index contributed by atoms with van der Waals surface area (Å²) in [5, 5.41) is 10.8. The van der Waals surface area contributed by atoms with Gasteiger partial charge in [0.2, 0.25) is 6.04 Å². The summed E-state index contributed by atoms with van der Waals surface area (Å²) in [6.07, 6.45) is 0.0579. The van der Waals surface area contributed by atoms with Crippen LogP contribution in [0.3, 0.4) is 0 Å². The van der Waals surface area contributed by atoms with E-state index < -0.39 is 16.9 Å². The lowest BCUT2D eigenvalue weighted by Crippen LogP contribution is -2.26. The summed E-state index contributed by atoms with van der Waals surface area (Å²) in [6.45, 7) is 1.92. The second-order valence-electron chi connectivity index (χ2n) is 3.64. The molecule has 1 atom stereocenters. The minimum absolute atomic E-state index is 0.185. The fourth-order valence-electron chi connectivity index (χ4n) is 1.52. The topological polar surface area (TPSA) is 69.4 Å². The quantitative estimate of drug-likeness (QED) is 0.430. The average Bonchev–Trinajstić information content (AvgIpc) is 2.29. The summed E-state index contributed by atoms with van der Waals surface area (Å²) in [4.78, 5) is 21.6. The molecule has 0 aliphatic heterocycles. The lowest BCUT2D eigenvalue weighted by atomic mass is 10.0. The summed E-state index contributed by atoms with van der Waals surface area (Å²) >= 11 is 0. The lowest BCUT2D eigenvalue weighted by Gasteiger charge is -2.08. The van der Waals surface area contributed by atoms with Crippen molar-refractivity contribution in [3.05, 3.63) is 46.0 Å². The van der Waals surface area contributed by atoms with Gasteiger partial charge in [-0.15, -0.1) is 0 Å². The number of benzene rings is 1. The van der Waals surface area contributed by atoms with E-state index in [1.165, 1.54) is 0 Å². The largest absolute Gasteiger partial charge is 0.466 e. The molecule has 92 valence electrons. The van der Waals surface area contributed by atoms with Gasteiger partial charge >= 0.3 is 5.97 Å². The van der Waals surface area contributed by atoms with Crippen LogP contribution in [-0.4, -0.2) is 23.5 Å². The average molecular weight is 237 g/mol. The Morgan fingerprint density at radius 1 is 1.41 bits per heavy atom. The van der Waals surface area contributed by atoms with E-state index in [2.05, 4.69) is 0 Å². The molecule has 0 saturated heterocycles. The van der Waals surface area contributed by atoms with Crippen molar-refractivity contribution in [3.63, 3.8) is 0 Å². The molecule has 5 heteroatoms. The van der Waals surface area contributed by atoms with E-state index in [1.807, 2.05) is 30.3 Å². The molecule has 5 nitrogen and oxygen atoms in total. The smallest absolute Gasteiger partial charge is 0.312 e. The maximum atomic E-state index is 11.2. The molecular formula is C12H15NO4. The Morgan fingerprint density at radius 2 is 2.06 bits per heavy atom. The molecule has 0 N–H and O–H groups in total. The van der Waals surface area contributed by atoms with Crippen molar-refractivity contribution in [1.82, 2.24) is 0 Å². The SMILES string of the molecule is CCOC(=O)CC(Cc1ccccc1)[N+](=O)[O-]. The molecule has 0 bridgehead atoms. The number of rotatable bonds is 6. The molecule has 0 fully saturated rings. The van der Waals surface area contributed by atoms with E-state index in [4.69, 9.17) is 4.74 Å². The molecule has 0 radical (unpaired) electrons. The highest BCUT2D eigenvalue weighted by Gasteiger charge is 2.25. The third kappa shape index (κ3) is 4.63. The monoisotopic (exact) mass is 237 g/mol. The Hall–Kier alpha value is -1.91. The summed E-state index contributed by atoms with van der Waals surface area (Å²) in [5.74, 6) is -0.523. The zero-order valence-corrected chi connectivity index (χ0v) is 9.67. The second-order valence-corrected chi connectivity index (χ2v) is 3.64. The van der Waals surface area contributed by atoms with Gasteiger partial charge in [0.1, 0.15) is 6.42 Å². The van der Waals surface area contributed by atoms with Gasteiger partial charge in [0.25, 0.3) is 0 Å². The van der Waals surface area contributed by atoms with Crippen molar-refractivity contribution in [2.45, 2.75) is 25.8 Å². The summed E-state index contributed by atoms with van der Waals surface area (Å²) in [6, 6.07) is 8.17. The first kappa shape index (κ1) is 13.2. The predicted molar refractivity (Wildman–Crippen MR) is 62.2 cm³/mol. The normalized spacial score (nSPS) is 11.8. The van der Waals surface area contributed by atoms with Gasteiger partial charge in [0.15, 0.2) is 0 Å². The van der Waals surface area contributed by atoms with Crippen LogP contribution in [0.5, 0.6) is 0 Å². The number of ether oxygens (including phenoxy) is 1. The zero-order chi connectivity index (χ0) is 12.7. The van der Waals surface area contributed by atoms with Gasteiger partial charge in [-0.3, -0.25) is 14.9 Å². The highest BCUT2D eigenvalue weighted by atomic mass is 16.6. The fourth-order valence-corrected chi connectivity index (χ4v) is 1.52. The van der Waals surface area contributed by atoms with Gasteiger partial charge in [-0.05, 0) is 12.5 Å². The van der Waals surface area contributed by atoms with Crippen LogP contribution in [0.25, 0.3) is 0 Å². The Morgan fingerprint density at radius 3 is 2.59 bits per heavy atom. The van der Waals surface area contributed by atoms with Gasteiger partial charge in [-0.25, -0.2) is 0 Å². The van der Waals surface area contributed by atoms with Crippen molar-refractivity contribution in [1.29, 1.82) is 0 Å². The van der Waals surface area contributed by atoms with Crippen molar-refractivity contribution in [3.8, 4) is 0 Å². The number of nitrogens with zero attached hydrogens (tertiary/aromatic N) is 1. The Labute approximate surface area is 99.5 Å². The van der Waals surface area contributed by atoms with Gasteiger partial charge in [-0.1, -0.05) is 30.3 Å². The Balaban J connectivity index is 2.61. The van der Waals surface area contributed by atoms with Crippen LogP contribution in [0, 0.1) is 10.1 Å². The molecule has 1 rings (SSSR count). The molecule has 0 aromatic heterocycles. The molecule has 0 aliphatic rings. The maximum absolute atomic E-state index is 11.2. The van der Waals surface area contributed by atoms with E-state index in [0.717, 1.165) is 5.56 Å². The molecule has 17 heavy (non-hydrogen) atoms. The number of hydrogen-bond acceptors (Lipinski definition) is 4. The molecule has 1 aromatic rings. The van der Waals surface area contributed by atoms with Gasteiger partial charge in [-0.2, -0.15) is 0 Å². The van der Waals surface area contributed by atoms with Crippen LogP contribution in [-0.2, 0) is 16.0 Å². The lowest BCUT2D eigenvalue weighted by molar-refractivity contribution is -0.521. The number of hydrogen-bond donors (Lipinski definition) is 0. The van der Waals surface area contributed by atoms with E-state index in [1.54, 1.807) is 6.92 Å². The van der Waals surface area contributed by atoms with Crippen LogP contribution in [0.2, 0.25) is 0 Å². The van der Waals surface area contributed by atoms with Crippen molar-refractivity contribution >= 4 is 5.97 Å². The van der Waals surface area contributed by atoms with Crippen LogP contribution in [0.15, 0.2) is 30.3 Å². The standard InChI is InChI=1S/C12H15NO4/c1-2-17-12(14)9-11(13(15)16)8-10-6-4-3-5-7-10/h3-7,11H,2,8-9H2,1H3. The number of esters is 1. The zero-order valence-electron chi connectivity index (χ0n) is 9.67. The molecule has 0 aliphatic carbocycles. The van der Waals surface area contributed by atoms with E-state index >= 15 is 0 Å². The third-order valence-electron chi connectivity index (χ3n) is 2.32.